The van der Waals surface area contributed by atoms with Gasteiger partial charge in [-0.25, -0.2) is 0 Å². The summed E-state index contributed by atoms with van der Waals surface area (Å²) >= 11 is 8.98. The Morgan fingerprint density at radius 1 is 1.44 bits per heavy atom. The summed E-state index contributed by atoms with van der Waals surface area (Å²) in [6.07, 6.45) is 3.66. The van der Waals surface area contributed by atoms with Crippen LogP contribution in [0.15, 0.2) is 22.7 Å². The van der Waals surface area contributed by atoms with Crippen LogP contribution in [0.25, 0.3) is 11.0 Å². The number of rotatable bonds is 2. The fourth-order valence-corrected chi connectivity index (χ4v) is 3.53. The van der Waals surface area contributed by atoms with Crippen LogP contribution in [0, 0.1) is 4.77 Å². The Morgan fingerprint density at radius 3 is 3.00 bits per heavy atom. The number of hydrogen-bond donors (Lipinski definition) is 1. The van der Waals surface area contributed by atoms with Crippen molar-refractivity contribution in [2.75, 3.05) is 7.11 Å². The van der Waals surface area contributed by atoms with Crippen molar-refractivity contribution in [3.63, 3.8) is 0 Å². The van der Waals surface area contributed by atoms with Crippen molar-refractivity contribution >= 4 is 39.2 Å². The molecule has 0 aliphatic heterocycles. The Morgan fingerprint density at radius 2 is 2.28 bits per heavy atom. The maximum absolute atomic E-state index is 5.46. The summed E-state index contributed by atoms with van der Waals surface area (Å²) in [5.74, 6) is 0. The minimum atomic E-state index is 0.369. The number of benzene rings is 1. The zero-order chi connectivity index (χ0) is 12.7. The lowest BCUT2D eigenvalue weighted by molar-refractivity contribution is 0.106. The zero-order valence-corrected chi connectivity index (χ0v) is 12.6. The number of H-pyrrole nitrogens is 1. The van der Waals surface area contributed by atoms with Crippen molar-refractivity contribution in [1.29, 1.82) is 0 Å². The van der Waals surface area contributed by atoms with Crippen molar-refractivity contribution < 1.29 is 4.74 Å². The van der Waals surface area contributed by atoms with E-state index in [1.165, 1.54) is 5.52 Å². The predicted octanol–water partition coefficient (Wildman–Crippen LogP) is 4.20. The van der Waals surface area contributed by atoms with Crippen molar-refractivity contribution in [3.8, 4) is 0 Å². The molecule has 5 heteroatoms. The number of halogens is 1. The summed E-state index contributed by atoms with van der Waals surface area (Å²) in [5, 5.41) is 0. The molecular weight excluding hydrogens is 312 g/mol. The molecule has 1 aliphatic carbocycles. The highest BCUT2D eigenvalue weighted by atomic mass is 79.9. The highest BCUT2D eigenvalue weighted by Crippen LogP contribution is 2.34. The lowest BCUT2D eigenvalue weighted by Crippen LogP contribution is -2.09. The zero-order valence-electron chi connectivity index (χ0n) is 10.1. The van der Waals surface area contributed by atoms with Gasteiger partial charge in [-0.2, -0.15) is 0 Å². The number of imidazole rings is 1. The third kappa shape index (κ3) is 2.04. The summed E-state index contributed by atoms with van der Waals surface area (Å²) in [4.78, 5) is 3.28. The van der Waals surface area contributed by atoms with E-state index in [1.807, 2.05) is 6.07 Å². The molecule has 0 radical (unpaired) electrons. The fraction of sp³-hybridized carbons (Fsp3) is 0.462. The molecule has 1 saturated carbocycles. The molecule has 1 N–H and O–H groups in total. The van der Waals surface area contributed by atoms with Crippen LogP contribution in [0.1, 0.15) is 25.3 Å². The van der Waals surface area contributed by atoms with Crippen molar-refractivity contribution in [2.24, 2.45) is 0 Å². The predicted molar refractivity (Wildman–Crippen MR) is 78.5 cm³/mol. The SMILES string of the molecule is COC1CCC(n2c(=S)[nH]c3ccc(Br)cc32)C1. The average molecular weight is 327 g/mol. The lowest BCUT2D eigenvalue weighted by Gasteiger charge is -2.13. The largest absolute Gasteiger partial charge is 0.381 e. The first-order valence-electron chi connectivity index (χ1n) is 6.11. The second-order valence-electron chi connectivity index (χ2n) is 4.79. The Bertz CT molecular complexity index is 633. The monoisotopic (exact) mass is 326 g/mol. The smallest absolute Gasteiger partial charge is 0.178 e. The van der Waals surface area contributed by atoms with Gasteiger partial charge in [-0.1, -0.05) is 15.9 Å². The van der Waals surface area contributed by atoms with Crippen molar-refractivity contribution in [1.82, 2.24) is 9.55 Å². The van der Waals surface area contributed by atoms with Gasteiger partial charge in [0.05, 0.1) is 17.1 Å². The molecule has 0 bridgehead atoms. The Balaban J connectivity index is 2.08. The molecule has 0 amide bonds. The van der Waals surface area contributed by atoms with E-state index in [0.717, 1.165) is 34.0 Å². The van der Waals surface area contributed by atoms with Crippen LogP contribution >= 0.6 is 28.1 Å². The Kier molecular flexibility index (Phi) is 3.30. The van der Waals surface area contributed by atoms with Crippen LogP contribution < -0.4 is 0 Å². The van der Waals surface area contributed by atoms with Gasteiger partial charge in [0.15, 0.2) is 4.77 Å². The van der Waals surface area contributed by atoms with Gasteiger partial charge >= 0.3 is 0 Å². The molecule has 1 aromatic heterocycles. The maximum atomic E-state index is 5.46. The third-order valence-corrected chi connectivity index (χ3v) is 4.53. The van der Waals surface area contributed by atoms with E-state index in [2.05, 4.69) is 37.6 Å². The Labute approximate surface area is 119 Å². The van der Waals surface area contributed by atoms with Crippen LogP contribution in [-0.4, -0.2) is 22.8 Å². The molecule has 1 aliphatic rings. The van der Waals surface area contributed by atoms with Gasteiger partial charge in [0.2, 0.25) is 0 Å². The van der Waals surface area contributed by atoms with Gasteiger partial charge in [0.25, 0.3) is 0 Å². The van der Waals surface area contributed by atoms with E-state index in [4.69, 9.17) is 17.0 Å². The molecule has 2 unspecified atom stereocenters. The summed E-state index contributed by atoms with van der Waals surface area (Å²) in [6.45, 7) is 0. The molecule has 18 heavy (non-hydrogen) atoms. The molecule has 3 rings (SSSR count). The standard InChI is InChI=1S/C13H15BrN2OS/c1-17-10-4-3-9(7-10)16-12-6-8(14)2-5-11(12)15-13(16)18/h2,5-6,9-10H,3-4,7H2,1H3,(H,15,18). The summed E-state index contributed by atoms with van der Waals surface area (Å²) in [5.41, 5.74) is 2.28. The molecule has 2 aromatic rings. The van der Waals surface area contributed by atoms with Crippen molar-refractivity contribution in [3.05, 3.63) is 27.4 Å². The highest BCUT2D eigenvalue weighted by Gasteiger charge is 2.27. The quantitative estimate of drug-likeness (QED) is 0.838. The number of hydrogen-bond acceptors (Lipinski definition) is 2. The van der Waals surface area contributed by atoms with Crippen LogP contribution in [0.3, 0.4) is 0 Å². The molecule has 1 aromatic carbocycles. The number of aromatic amines is 1. The first-order valence-corrected chi connectivity index (χ1v) is 7.31. The van der Waals surface area contributed by atoms with Gasteiger partial charge in [-0.15, -0.1) is 0 Å². The van der Waals surface area contributed by atoms with Gasteiger partial charge in [0, 0.05) is 17.6 Å². The molecule has 3 nitrogen and oxygen atoms in total. The van der Waals surface area contributed by atoms with E-state index >= 15 is 0 Å². The molecule has 1 fully saturated rings. The first-order chi connectivity index (χ1) is 8.69. The van der Waals surface area contributed by atoms with E-state index in [-0.39, 0.29) is 0 Å². The minimum absolute atomic E-state index is 0.369. The fourth-order valence-electron chi connectivity index (χ4n) is 2.82. The van der Waals surface area contributed by atoms with E-state index in [9.17, 15) is 0 Å². The lowest BCUT2D eigenvalue weighted by atomic mass is 10.2. The van der Waals surface area contributed by atoms with Crippen molar-refractivity contribution in [2.45, 2.75) is 31.4 Å². The van der Waals surface area contributed by atoms with E-state index in [0.29, 0.717) is 12.1 Å². The summed E-state index contributed by atoms with van der Waals surface area (Å²) < 4.78 is 9.59. The van der Waals surface area contributed by atoms with E-state index in [1.54, 1.807) is 7.11 Å². The number of nitrogens with zero attached hydrogens (tertiary/aromatic N) is 1. The molecule has 0 spiro atoms. The first kappa shape index (κ1) is 12.4. The van der Waals surface area contributed by atoms with Gasteiger partial charge in [0.1, 0.15) is 0 Å². The number of methoxy groups -OCH3 is 1. The Hall–Kier alpha value is -0.650. The van der Waals surface area contributed by atoms with E-state index < -0.39 is 0 Å². The summed E-state index contributed by atoms with van der Waals surface area (Å²) in [7, 11) is 1.79. The molecule has 1 heterocycles. The molecule has 96 valence electrons. The summed E-state index contributed by atoms with van der Waals surface area (Å²) in [6, 6.07) is 6.67. The van der Waals surface area contributed by atoms with Gasteiger partial charge in [-0.05, 0) is 49.7 Å². The van der Waals surface area contributed by atoms with Gasteiger partial charge in [-0.3, -0.25) is 0 Å². The second kappa shape index (κ2) is 4.79. The number of aromatic nitrogens is 2. The third-order valence-electron chi connectivity index (χ3n) is 3.74. The normalized spacial score (nSPS) is 23.9. The topological polar surface area (TPSA) is 29.9 Å². The highest BCUT2D eigenvalue weighted by molar-refractivity contribution is 9.10. The number of nitrogens with one attached hydrogen (secondary N) is 1. The van der Waals surface area contributed by atoms with Crippen LogP contribution in [0.2, 0.25) is 0 Å². The minimum Gasteiger partial charge on any atom is -0.381 e. The van der Waals surface area contributed by atoms with Crippen LogP contribution in [-0.2, 0) is 4.74 Å². The number of fused-ring (bicyclic) bond motifs is 1. The average Bonchev–Trinajstić information content (AvgIpc) is 2.92. The maximum Gasteiger partial charge on any atom is 0.178 e. The number of ether oxygens (including phenoxy) is 1. The molecule has 2 atom stereocenters. The van der Waals surface area contributed by atoms with Gasteiger partial charge < -0.3 is 14.3 Å². The molecular formula is C13H15BrN2OS. The second-order valence-corrected chi connectivity index (χ2v) is 6.09. The molecule has 0 saturated heterocycles. The van der Waals surface area contributed by atoms with Crippen LogP contribution in [0.4, 0.5) is 0 Å². The van der Waals surface area contributed by atoms with Crippen LogP contribution in [0.5, 0.6) is 0 Å².